The van der Waals surface area contributed by atoms with E-state index in [0.717, 1.165) is 0 Å². The third-order valence-corrected chi connectivity index (χ3v) is 2.72. The molecule has 2 amide bonds. The van der Waals surface area contributed by atoms with Crippen LogP contribution < -0.4 is 16.4 Å². The Morgan fingerprint density at radius 1 is 1.60 bits per heavy atom. The average Bonchev–Trinajstić information content (AvgIpc) is 2.56. The van der Waals surface area contributed by atoms with Crippen molar-refractivity contribution in [1.29, 1.82) is 0 Å². The second kappa shape index (κ2) is 4.59. The molecule has 0 bridgehead atoms. The molecule has 1 fully saturated rings. The Balaban J connectivity index is 2.49. The largest absolute Gasteiger partial charge is 0.379 e. The number of likely N-dealkylation sites (N-methyl/N-ethyl adjacent to an activating group) is 1. The number of rotatable bonds is 3. The lowest BCUT2D eigenvalue weighted by Crippen LogP contribution is -2.51. The van der Waals surface area contributed by atoms with Crippen LogP contribution in [-0.4, -0.2) is 44.7 Å². The fourth-order valence-electron chi connectivity index (χ4n) is 1.37. The van der Waals surface area contributed by atoms with Gasteiger partial charge >= 0.3 is 0 Å². The molecule has 1 aliphatic heterocycles. The fraction of sp³-hybridized carbons (Fsp3) is 0.778. The third kappa shape index (κ3) is 2.45. The molecular weight excluding hydrogens is 198 g/mol. The van der Waals surface area contributed by atoms with Crippen LogP contribution in [-0.2, 0) is 14.3 Å². The minimum atomic E-state index is -0.728. The summed E-state index contributed by atoms with van der Waals surface area (Å²) in [5, 5.41) is 4.95. The fourth-order valence-corrected chi connectivity index (χ4v) is 1.37. The Morgan fingerprint density at radius 2 is 2.27 bits per heavy atom. The van der Waals surface area contributed by atoms with Crippen LogP contribution in [0.1, 0.15) is 6.92 Å². The summed E-state index contributed by atoms with van der Waals surface area (Å²) in [7, 11) is 1.51. The highest BCUT2D eigenvalue weighted by Gasteiger charge is 2.44. The van der Waals surface area contributed by atoms with Gasteiger partial charge in [-0.2, -0.15) is 0 Å². The maximum Gasteiger partial charge on any atom is 0.239 e. The van der Waals surface area contributed by atoms with Crippen LogP contribution in [0.25, 0.3) is 0 Å². The van der Waals surface area contributed by atoms with Crippen LogP contribution in [0.15, 0.2) is 0 Å². The summed E-state index contributed by atoms with van der Waals surface area (Å²) >= 11 is 0. The molecule has 86 valence electrons. The highest BCUT2D eigenvalue weighted by Crippen LogP contribution is 2.26. The summed E-state index contributed by atoms with van der Waals surface area (Å²) in [6, 6.07) is -0.317. The van der Waals surface area contributed by atoms with Crippen LogP contribution in [0.5, 0.6) is 0 Å². The zero-order valence-corrected chi connectivity index (χ0v) is 9.00. The summed E-state index contributed by atoms with van der Waals surface area (Å²) < 4.78 is 5.14. The van der Waals surface area contributed by atoms with Crippen molar-refractivity contribution >= 4 is 11.8 Å². The summed E-state index contributed by atoms with van der Waals surface area (Å²) in [6.07, 6.45) is 0. The molecule has 0 aliphatic carbocycles. The SMILES string of the molecule is CNC(=O)CNC(=O)C1(C)COCC1N. The standard InChI is InChI=1S/C9H17N3O3/c1-9(5-15-4-6(9)10)8(14)12-3-7(13)11-2/h6H,3-5,10H2,1-2H3,(H,11,13)(H,12,14). The molecule has 0 spiro atoms. The second-order valence-corrected chi connectivity index (χ2v) is 3.89. The summed E-state index contributed by atoms with van der Waals surface area (Å²) in [6.45, 7) is 2.39. The molecule has 6 heteroatoms. The van der Waals surface area contributed by atoms with Crippen LogP contribution in [0, 0.1) is 5.41 Å². The van der Waals surface area contributed by atoms with Gasteiger partial charge in [0.05, 0.1) is 25.2 Å². The Hall–Kier alpha value is -1.14. The van der Waals surface area contributed by atoms with E-state index in [1.54, 1.807) is 6.92 Å². The number of hydrogen-bond acceptors (Lipinski definition) is 4. The molecule has 15 heavy (non-hydrogen) atoms. The Labute approximate surface area is 88.5 Å². The van der Waals surface area contributed by atoms with Crippen molar-refractivity contribution in [2.45, 2.75) is 13.0 Å². The zero-order chi connectivity index (χ0) is 11.5. The molecule has 0 aromatic heterocycles. The molecule has 0 radical (unpaired) electrons. The number of carbonyl (C=O) groups is 2. The maximum atomic E-state index is 11.7. The molecule has 0 aromatic carbocycles. The molecule has 0 saturated carbocycles. The minimum absolute atomic E-state index is 0.0301. The summed E-state index contributed by atoms with van der Waals surface area (Å²) in [5.41, 5.74) is 5.04. The second-order valence-electron chi connectivity index (χ2n) is 3.89. The molecule has 2 unspecified atom stereocenters. The predicted molar refractivity (Wildman–Crippen MR) is 54.0 cm³/mol. The number of nitrogens with one attached hydrogen (secondary N) is 2. The van der Waals surface area contributed by atoms with E-state index in [4.69, 9.17) is 10.5 Å². The lowest BCUT2D eigenvalue weighted by Gasteiger charge is -2.25. The smallest absolute Gasteiger partial charge is 0.239 e. The van der Waals surface area contributed by atoms with Gasteiger partial charge in [-0.05, 0) is 6.92 Å². The zero-order valence-electron chi connectivity index (χ0n) is 9.00. The Bertz CT molecular complexity index is 269. The van der Waals surface area contributed by atoms with E-state index >= 15 is 0 Å². The van der Waals surface area contributed by atoms with Gasteiger partial charge in [0.2, 0.25) is 11.8 Å². The van der Waals surface area contributed by atoms with Crippen molar-refractivity contribution in [3.8, 4) is 0 Å². The topological polar surface area (TPSA) is 93.5 Å². The Morgan fingerprint density at radius 3 is 2.73 bits per heavy atom. The van der Waals surface area contributed by atoms with E-state index in [1.807, 2.05) is 0 Å². The van der Waals surface area contributed by atoms with Crippen molar-refractivity contribution < 1.29 is 14.3 Å². The van der Waals surface area contributed by atoms with Crippen molar-refractivity contribution in [3.63, 3.8) is 0 Å². The predicted octanol–water partition coefficient (Wildman–Crippen LogP) is -1.79. The van der Waals surface area contributed by atoms with Gasteiger partial charge in [-0.1, -0.05) is 0 Å². The van der Waals surface area contributed by atoms with E-state index in [-0.39, 0.29) is 24.4 Å². The molecule has 1 rings (SSSR count). The lowest BCUT2D eigenvalue weighted by atomic mass is 9.85. The molecule has 1 heterocycles. The van der Waals surface area contributed by atoms with Gasteiger partial charge in [0, 0.05) is 13.1 Å². The maximum absolute atomic E-state index is 11.7. The minimum Gasteiger partial charge on any atom is -0.379 e. The number of hydrogen-bond donors (Lipinski definition) is 3. The number of nitrogens with two attached hydrogens (primary N) is 1. The van der Waals surface area contributed by atoms with E-state index in [9.17, 15) is 9.59 Å². The highest BCUT2D eigenvalue weighted by molar-refractivity contribution is 5.88. The summed E-state index contributed by atoms with van der Waals surface area (Å²) in [5.74, 6) is -0.476. The molecule has 1 aliphatic rings. The third-order valence-electron chi connectivity index (χ3n) is 2.72. The molecule has 1 saturated heterocycles. The molecule has 4 N–H and O–H groups in total. The highest BCUT2D eigenvalue weighted by atomic mass is 16.5. The molecule has 2 atom stereocenters. The van der Waals surface area contributed by atoms with Gasteiger partial charge in [-0.25, -0.2) is 0 Å². The van der Waals surface area contributed by atoms with Crippen LogP contribution in [0.3, 0.4) is 0 Å². The monoisotopic (exact) mass is 215 g/mol. The number of ether oxygens (including phenoxy) is 1. The van der Waals surface area contributed by atoms with E-state index in [0.29, 0.717) is 13.2 Å². The van der Waals surface area contributed by atoms with Gasteiger partial charge in [-0.15, -0.1) is 0 Å². The van der Waals surface area contributed by atoms with Crippen molar-refractivity contribution in [3.05, 3.63) is 0 Å². The molecular formula is C9H17N3O3. The average molecular weight is 215 g/mol. The van der Waals surface area contributed by atoms with Gasteiger partial charge in [0.1, 0.15) is 0 Å². The Kier molecular flexibility index (Phi) is 3.65. The first-order valence-corrected chi connectivity index (χ1v) is 4.83. The molecule has 6 nitrogen and oxygen atoms in total. The van der Waals surface area contributed by atoms with Crippen molar-refractivity contribution in [2.75, 3.05) is 26.8 Å². The van der Waals surface area contributed by atoms with Gasteiger partial charge < -0.3 is 21.1 Å². The quantitative estimate of drug-likeness (QED) is 0.518. The van der Waals surface area contributed by atoms with Crippen LogP contribution in [0.2, 0.25) is 0 Å². The van der Waals surface area contributed by atoms with Gasteiger partial charge in [0.25, 0.3) is 0 Å². The number of amides is 2. The van der Waals surface area contributed by atoms with Gasteiger partial charge in [0.15, 0.2) is 0 Å². The van der Waals surface area contributed by atoms with Crippen LogP contribution in [0.4, 0.5) is 0 Å². The first-order chi connectivity index (χ1) is 7.00. The normalized spacial score (nSPS) is 29.9. The first-order valence-electron chi connectivity index (χ1n) is 4.83. The molecule has 0 aromatic rings. The summed E-state index contributed by atoms with van der Waals surface area (Å²) in [4.78, 5) is 22.7. The van der Waals surface area contributed by atoms with E-state index in [1.165, 1.54) is 7.05 Å². The van der Waals surface area contributed by atoms with E-state index in [2.05, 4.69) is 10.6 Å². The van der Waals surface area contributed by atoms with Crippen LogP contribution >= 0.6 is 0 Å². The van der Waals surface area contributed by atoms with E-state index < -0.39 is 5.41 Å². The van der Waals surface area contributed by atoms with Crippen molar-refractivity contribution in [2.24, 2.45) is 11.1 Å². The first kappa shape index (κ1) is 11.9. The lowest BCUT2D eigenvalue weighted by molar-refractivity contribution is -0.132. The van der Waals surface area contributed by atoms with Crippen molar-refractivity contribution in [1.82, 2.24) is 10.6 Å². The van der Waals surface area contributed by atoms with Gasteiger partial charge in [-0.3, -0.25) is 9.59 Å². The number of carbonyl (C=O) groups excluding carboxylic acids is 2.